The van der Waals surface area contributed by atoms with Crippen molar-refractivity contribution in [3.05, 3.63) is 33.9 Å². The van der Waals surface area contributed by atoms with E-state index >= 15 is 0 Å². The third kappa shape index (κ3) is 3.50. The Hall–Kier alpha value is -1.07. The molecule has 2 unspecified atom stereocenters. The molecule has 0 spiro atoms. The van der Waals surface area contributed by atoms with Gasteiger partial charge in [0.25, 0.3) is 5.69 Å². The number of hydrogen-bond donors (Lipinski definition) is 1. The van der Waals surface area contributed by atoms with Crippen LogP contribution in [0.2, 0.25) is 0 Å². The largest absolute Gasteiger partial charge is 0.392 e. The highest BCUT2D eigenvalue weighted by Gasteiger charge is 2.13. The Morgan fingerprint density at radius 2 is 2.00 bits per heavy atom. The van der Waals surface area contributed by atoms with Crippen LogP contribution in [-0.2, 0) is 0 Å². The Morgan fingerprint density at radius 1 is 1.38 bits per heavy atom. The minimum atomic E-state index is -0.440. The summed E-state index contributed by atoms with van der Waals surface area (Å²) in [7, 11) is 0. The molecule has 0 saturated carbocycles. The van der Waals surface area contributed by atoms with Crippen LogP contribution in [0.5, 0.6) is 0 Å². The van der Waals surface area contributed by atoms with Crippen LogP contribution in [0.15, 0.2) is 23.1 Å². The number of aryl methyl sites for hydroxylation is 1. The van der Waals surface area contributed by atoms with Gasteiger partial charge in [-0.1, -0.05) is 6.92 Å². The van der Waals surface area contributed by atoms with Crippen molar-refractivity contribution >= 4 is 17.4 Å². The highest BCUT2D eigenvalue weighted by molar-refractivity contribution is 8.00. The van der Waals surface area contributed by atoms with Gasteiger partial charge in [0.05, 0.1) is 11.0 Å². The Labute approximate surface area is 98.8 Å². The number of hydrogen-bond acceptors (Lipinski definition) is 4. The fraction of sp³-hybridized carbons (Fsp3) is 0.455. The lowest BCUT2D eigenvalue weighted by Crippen LogP contribution is -2.14. The SMILES string of the molecule is Cc1cc(SC(C)C(C)O)cc([N+](=O)[O-])c1. The number of nitro groups is 1. The van der Waals surface area contributed by atoms with E-state index in [9.17, 15) is 15.2 Å². The zero-order valence-corrected chi connectivity index (χ0v) is 10.3. The van der Waals surface area contributed by atoms with E-state index in [2.05, 4.69) is 0 Å². The Morgan fingerprint density at radius 3 is 2.50 bits per heavy atom. The maximum Gasteiger partial charge on any atom is 0.270 e. The van der Waals surface area contributed by atoms with Gasteiger partial charge in [-0.2, -0.15) is 0 Å². The molecule has 1 N–H and O–H groups in total. The van der Waals surface area contributed by atoms with Crippen LogP contribution < -0.4 is 0 Å². The first-order valence-electron chi connectivity index (χ1n) is 5.01. The normalized spacial score (nSPS) is 14.5. The molecule has 16 heavy (non-hydrogen) atoms. The molecule has 88 valence electrons. The van der Waals surface area contributed by atoms with E-state index in [1.54, 1.807) is 6.92 Å². The molecule has 0 aliphatic carbocycles. The summed E-state index contributed by atoms with van der Waals surface area (Å²) in [6.45, 7) is 5.43. The summed E-state index contributed by atoms with van der Waals surface area (Å²) in [5.41, 5.74) is 0.954. The number of aliphatic hydroxyl groups excluding tert-OH is 1. The molecule has 1 aromatic rings. The molecule has 0 heterocycles. The third-order valence-electron chi connectivity index (χ3n) is 2.25. The van der Waals surface area contributed by atoms with Gasteiger partial charge in [-0.3, -0.25) is 10.1 Å². The van der Waals surface area contributed by atoms with Gasteiger partial charge in [-0.15, -0.1) is 11.8 Å². The minimum Gasteiger partial charge on any atom is -0.392 e. The Bertz CT molecular complexity index is 393. The molecule has 0 saturated heterocycles. The van der Waals surface area contributed by atoms with Crippen molar-refractivity contribution in [2.24, 2.45) is 0 Å². The van der Waals surface area contributed by atoms with E-state index in [0.717, 1.165) is 10.5 Å². The van der Waals surface area contributed by atoms with Gasteiger partial charge in [0.2, 0.25) is 0 Å². The predicted octanol–water partition coefficient (Wildman–Crippen LogP) is 2.76. The third-order valence-corrected chi connectivity index (χ3v) is 3.52. The molecular formula is C11H15NO3S. The second kappa shape index (κ2) is 5.32. The van der Waals surface area contributed by atoms with Crippen molar-refractivity contribution in [2.45, 2.75) is 37.0 Å². The topological polar surface area (TPSA) is 63.4 Å². The van der Waals surface area contributed by atoms with Gasteiger partial charge in [0.15, 0.2) is 0 Å². The van der Waals surface area contributed by atoms with Gasteiger partial charge in [0, 0.05) is 22.3 Å². The summed E-state index contributed by atoms with van der Waals surface area (Å²) >= 11 is 1.44. The first-order chi connectivity index (χ1) is 7.40. The van der Waals surface area contributed by atoms with E-state index in [1.165, 1.54) is 23.9 Å². The molecule has 0 fully saturated rings. The summed E-state index contributed by atoms with van der Waals surface area (Å²) in [4.78, 5) is 11.1. The molecule has 4 nitrogen and oxygen atoms in total. The molecule has 0 amide bonds. The zero-order valence-electron chi connectivity index (χ0n) is 9.51. The van der Waals surface area contributed by atoms with Crippen molar-refractivity contribution in [2.75, 3.05) is 0 Å². The first-order valence-corrected chi connectivity index (χ1v) is 5.89. The van der Waals surface area contributed by atoms with Crippen molar-refractivity contribution in [1.29, 1.82) is 0 Å². The van der Waals surface area contributed by atoms with Crippen LogP contribution in [0.25, 0.3) is 0 Å². The smallest absolute Gasteiger partial charge is 0.270 e. The monoisotopic (exact) mass is 241 g/mol. The average molecular weight is 241 g/mol. The lowest BCUT2D eigenvalue weighted by atomic mass is 10.2. The van der Waals surface area contributed by atoms with Gasteiger partial charge in [-0.25, -0.2) is 0 Å². The fourth-order valence-corrected chi connectivity index (χ4v) is 2.28. The molecule has 0 bridgehead atoms. The minimum absolute atomic E-state index is 0.0152. The second-order valence-corrected chi connectivity index (χ2v) is 5.28. The van der Waals surface area contributed by atoms with Crippen LogP contribution in [0, 0.1) is 17.0 Å². The first kappa shape index (κ1) is 13.0. The molecular weight excluding hydrogens is 226 g/mol. The number of aliphatic hydroxyl groups is 1. The van der Waals surface area contributed by atoms with Crippen molar-refractivity contribution in [3.8, 4) is 0 Å². The highest BCUT2D eigenvalue weighted by Crippen LogP contribution is 2.29. The summed E-state index contributed by atoms with van der Waals surface area (Å²) in [6.07, 6.45) is -0.440. The summed E-state index contributed by atoms with van der Waals surface area (Å²) in [6, 6.07) is 4.96. The standard InChI is InChI=1S/C11H15NO3S/c1-7-4-10(12(14)15)6-11(5-7)16-9(3)8(2)13/h4-6,8-9,13H,1-3H3. The van der Waals surface area contributed by atoms with Crippen LogP contribution in [-0.4, -0.2) is 21.4 Å². The van der Waals surface area contributed by atoms with Crippen molar-refractivity contribution < 1.29 is 10.0 Å². The van der Waals surface area contributed by atoms with E-state index < -0.39 is 11.0 Å². The molecule has 0 radical (unpaired) electrons. The summed E-state index contributed by atoms with van der Waals surface area (Å²) < 4.78 is 0. The molecule has 2 atom stereocenters. The molecule has 1 aromatic carbocycles. The number of benzene rings is 1. The number of rotatable bonds is 4. The quantitative estimate of drug-likeness (QED) is 0.500. The maximum atomic E-state index is 10.7. The molecule has 0 aliphatic rings. The van der Waals surface area contributed by atoms with Crippen LogP contribution in [0.4, 0.5) is 5.69 Å². The van der Waals surface area contributed by atoms with Gasteiger partial charge < -0.3 is 5.11 Å². The number of thioether (sulfide) groups is 1. The van der Waals surface area contributed by atoms with Gasteiger partial charge in [-0.05, 0) is 25.5 Å². The highest BCUT2D eigenvalue weighted by atomic mass is 32.2. The van der Waals surface area contributed by atoms with Crippen molar-refractivity contribution in [1.82, 2.24) is 0 Å². The van der Waals surface area contributed by atoms with E-state index in [0.29, 0.717) is 0 Å². The lowest BCUT2D eigenvalue weighted by Gasteiger charge is -2.14. The van der Waals surface area contributed by atoms with Crippen molar-refractivity contribution in [3.63, 3.8) is 0 Å². The molecule has 0 aromatic heterocycles. The molecule has 0 aliphatic heterocycles. The van der Waals surface area contributed by atoms with E-state index in [1.807, 2.05) is 19.9 Å². The maximum absolute atomic E-state index is 10.7. The van der Waals surface area contributed by atoms with Crippen LogP contribution >= 0.6 is 11.8 Å². The zero-order chi connectivity index (χ0) is 12.3. The predicted molar refractivity (Wildman–Crippen MR) is 64.8 cm³/mol. The fourth-order valence-electron chi connectivity index (χ4n) is 1.21. The van der Waals surface area contributed by atoms with Crippen LogP contribution in [0.3, 0.4) is 0 Å². The summed E-state index contributed by atoms with van der Waals surface area (Å²) in [5.74, 6) is 0. The molecule has 1 rings (SSSR count). The number of nitrogens with zero attached hydrogens (tertiary/aromatic N) is 1. The Balaban J connectivity index is 2.92. The lowest BCUT2D eigenvalue weighted by molar-refractivity contribution is -0.385. The van der Waals surface area contributed by atoms with E-state index in [4.69, 9.17) is 0 Å². The average Bonchev–Trinajstić information content (AvgIpc) is 2.16. The number of nitro benzene ring substituents is 1. The van der Waals surface area contributed by atoms with Gasteiger partial charge in [0.1, 0.15) is 0 Å². The number of non-ortho nitro benzene ring substituents is 1. The Kier molecular flexibility index (Phi) is 4.32. The summed E-state index contributed by atoms with van der Waals surface area (Å²) in [5, 5.41) is 20.1. The van der Waals surface area contributed by atoms with E-state index in [-0.39, 0.29) is 10.9 Å². The molecule has 5 heteroatoms. The van der Waals surface area contributed by atoms with Gasteiger partial charge >= 0.3 is 0 Å². The van der Waals surface area contributed by atoms with Crippen LogP contribution in [0.1, 0.15) is 19.4 Å². The second-order valence-electron chi connectivity index (χ2n) is 3.82.